The van der Waals surface area contributed by atoms with E-state index < -0.39 is 12.0 Å². The number of methoxy groups -OCH3 is 1. The average molecular weight is 598 g/mol. The lowest BCUT2D eigenvalue weighted by Crippen LogP contribution is -2.40. The van der Waals surface area contributed by atoms with E-state index in [4.69, 9.17) is 42.1 Å². The van der Waals surface area contributed by atoms with Gasteiger partial charge in [-0.25, -0.2) is 9.79 Å². The van der Waals surface area contributed by atoms with Crippen LogP contribution in [0.15, 0.2) is 80.1 Å². The lowest BCUT2D eigenvalue weighted by atomic mass is 9.94. The molecule has 1 aliphatic heterocycles. The molecule has 0 N–H and O–H groups in total. The van der Waals surface area contributed by atoms with E-state index in [1.807, 2.05) is 31.2 Å². The van der Waals surface area contributed by atoms with Crippen LogP contribution in [0.1, 0.15) is 44.1 Å². The Balaban J connectivity index is 1.68. The van der Waals surface area contributed by atoms with Crippen LogP contribution < -0.4 is 19.6 Å². The van der Waals surface area contributed by atoms with Crippen molar-refractivity contribution < 1.29 is 18.7 Å². The van der Waals surface area contributed by atoms with E-state index in [1.165, 1.54) is 11.3 Å². The Morgan fingerprint density at radius 2 is 1.98 bits per heavy atom. The molecule has 206 valence electrons. The molecule has 0 saturated carbocycles. The summed E-state index contributed by atoms with van der Waals surface area (Å²) in [5.74, 6) is 1.11. The SMILES string of the molecule is CCCC1=C(C(=O)OCC)C(c2cccc(OC)c2)n2c(s/c(=C\c3ccc(-c4cc(Cl)ccc4Cl)o3)c2=O)=N1. The minimum absolute atomic E-state index is 0.203. The van der Waals surface area contributed by atoms with Gasteiger partial charge in [0, 0.05) is 16.7 Å². The second kappa shape index (κ2) is 11.9. The van der Waals surface area contributed by atoms with Crippen LogP contribution in [0.25, 0.3) is 17.4 Å². The normalized spacial score (nSPS) is 15.1. The summed E-state index contributed by atoms with van der Waals surface area (Å²) in [5, 5.41) is 1.03. The van der Waals surface area contributed by atoms with Gasteiger partial charge in [0.2, 0.25) is 0 Å². The van der Waals surface area contributed by atoms with Crippen molar-refractivity contribution >= 4 is 46.6 Å². The smallest absolute Gasteiger partial charge is 0.338 e. The minimum atomic E-state index is -0.730. The highest BCUT2D eigenvalue weighted by Crippen LogP contribution is 2.34. The Hall–Kier alpha value is -3.59. The molecule has 1 unspecified atom stereocenters. The van der Waals surface area contributed by atoms with Gasteiger partial charge in [-0.1, -0.05) is 60.0 Å². The maximum Gasteiger partial charge on any atom is 0.338 e. The summed E-state index contributed by atoms with van der Waals surface area (Å²) in [4.78, 5) is 32.5. The first-order valence-corrected chi connectivity index (χ1v) is 14.3. The number of rotatable bonds is 8. The molecule has 1 aliphatic rings. The quantitative estimate of drug-likeness (QED) is 0.228. The van der Waals surface area contributed by atoms with Crippen LogP contribution in [-0.2, 0) is 9.53 Å². The van der Waals surface area contributed by atoms with E-state index in [1.54, 1.807) is 55.0 Å². The molecule has 0 aliphatic carbocycles. The zero-order chi connectivity index (χ0) is 28.4. The van der Waals surface area contributed by atoms with Gasteiger partial charge in [0.05, 0.1) is 40.6 Å². The predicted molar refractivity (Wildman–Crippen MR) is 157 cm³/mol. The van der Waals surface area contributed by atoms with Crippen LogP contribution in [0.3, 0.4) is 0 Å². The van der Waals surface area contributed by atoms with E-state index in [-0.39, 0.29) is 12.2 Å². The topological polar surface area (TPSA) is 83.0 Å². The van der Waals surface area contributed by atoms with Crippen LogP contribution in [0.2, 0.25) is 10.0 Å². The Bertz CT molecular complexity index is 1800. The monoisotopic (exact) mass is 596 g/mol. The first-order chi connectivity index (χ1) is 19.3. The number of hydrogen-bond acceptors (Lipinski definition) is 7. The molecule has 3 heterocycles. The summed E-state index contributed by atoms with van der Waals surface area (Å²) < 4.78 is 18.9. The van der Waals surface area contributed by atoms with Gasteiger partial charge < -0.3 is 13.9 Å². The number of benzene rings is 2. The zero-order valence-electron chi connectivity index (χ0n) is 22.1. The number of fused-ring (bicyclic) bond motifs is 1. The molecule has 1 atom stereocenters. The van der Waals surface area contributed by atoms with E-state index in [0.29, 0.717) is 59.9 Å². The molecule has 0 bridgehead atoms. The maximum absolute atomic E-state index is 13.9. The van der Waals surface area contributed by atoms with Gasteiger partial charge in [0.25, 0.3) is 5.56 Å². The van der Waals surface area contributed by atoms with Gasteiger partial charge in [0.1, 0.15) is 17.3 Å². The van der Waals surface area contributed by atoms with E-state index in [0.717, 1.165) is 12.0 Å². The lowest BCUT2D eigenvalue weighted by Gasteiger charge is -2.26. The second-order valence-electron chi connectivity index (χ2n) is 9.02. The minimum Gasteiger partial charge on any atom is -0.497 e. The molecule has 4 aromatic rings. The molecule has 10 heteroatoms. The lowest BCUT2D eigenvalue weighted by molar-refractivity contribution is -0.139. The molecule has 40 heavy (non-hydrogen) atoms. The van der Waals surface area contributed by atoms with E-state index in [9.17, 15) is 9.59 Å². The molecule has 0 saturated heterocycles. The highest BCUT2D eigenvalue weighted by atomic mass is 35.5. The van der Waals surface area contributed by atoms with Gasteiger partial charge >= 0.3 is 5.97 Å². The van der Waals surface area contributed by atoms with Gasteiger partial charge in [0.15, 0.2) is 4.80 Å². The largest absolute Gasteiger partial charge is 0.497 e. The van der Waals surface area contributed by atoms with Crippen molar-refractivity contribution in [3.63, 3.8) is 0 Å². The summed E-state index contributed by atoms with van der Waals surface area (Å²) >= 11 is 13.7. The molecule has 0 spiro atoms. The van der Waals surface area contributed by atoms with Crippen molar-refractivity contribution in [2.24, 2.45) is 4.99 Å². The summed E-state index contributed by atoms with van der Waals surface area (Å²) in [6, 6.07) is 15.3. The molecule has 2 aromatic heterocycles. The molecular weight excluding hydrogens is 571 g/mol. The number of halogens is 2. The van der Waals surface area contributed by atoms with Crippen LogP contribution in [-0.4, -0.2) is 24.3 Å². The highest BCUT2D eigenvalue weighted by Gasteiger charge is 2.34. The Morgan fingerprint density at radius 1 is 1.15 bits per heavy atom. The zero-order valence-corrected chi connectivity index (χ0v) is 24.4. The number of esters is 1. The fourth-order valence-corrected chi connectivity index (χ4v) is 6.02. The van der Waals surface area contributed by atoms with Gasteiger partial charge in [-0.3, -0.25) is 9.36 Å². The van der Waals surface area contributed by atoms with Crippen LogP contribution in [0.5, 0.6) is 5.75 Å². The van der Waals surface area contributed by atoms with Crippen molar-refractivity contribution in [1.82, 2.24) is 4.57 Å². The standard InChI is InChI=1S/C30H26Cl2N2O5S/c1-4-7-23-26(29(36)38-5-2)27(17-8-6-9-19(14-17)37-3)34-28(35)25(40-30(34)33-23)16-20-11-13-24(39-20)21-15-18(31)10-12-22(21)32/h6,8-16,27H,4-5,7H2,1-3H3/b25-16-. The van der Waals surface area contributed by atoms with Gasteiger partial charge in [-0.05, 0) is 61.4 Å². The third-order valence-corrected chi connectivity index (χ3v) is 7.94. The van der Waals surface area contributed by atoms with Crippen molar-refractivity contribution in [3.05, 3.63) is 107 Å². The summed E-state index contributed by atoms with van der Waals surface area (Å²) in [6.07, 6.45) is 2.99. The van der Waals surface area contributed by atoms with E-state index >= 15 is 0 Å². The van der Waals surface area contributed by atoms with Crippen LogP contribution >= 0.6 is 34.5 Å². The molecule has 7 nitrogen and oxygen atoms in total. The maximum atomic E-state index is 13.9. The number of allylic oxidation sites excluding steroid dienone is 1. The third kappa shape index (κ3) is 5.39. The number of aromatic nitrogens is 1. The molecular formula is C30H26Cl2N2O5S. The summed E-state index contributed by atoms with van der Waals surface area (Å²) in [7, 11) is 1.57. The summed E-state index contributed by atoms with van der Waals surface area (Å²) in [6.45, 7) is 3.97. The first-order valence-electron chi connectivity index (χ1n) is 12.8. The first kappa shape index (κ1) is 28.0. The molecule has 5 rings (SSSR count). The van der Waals surface area contributed by atoms with E-state index in [2.05, 4.69) is 0 Å². The second-order valence-corrected chi connectivity index (χ2v) is 10.9. The van der Waals surface area contributed by atoms with Gasteiger partial charge in [-0.15, -0.1) is 0 Å². The van der Waals surface area contributed by atoms with Gasteiger partial charge in [-0.2, -0.15) is 0 Å². The number of ether oxygens (including phenoxy) is 2. The fourth-order valence-electron chi connectivity index (χ4n) is 4.64. The third-order valence-electron chi connectivity index (χ3n) is 6.40. The molecule has 2 aromatic carbocycles. The Labute approximate surface area is 244 Å². The fraction of sp³-hybridized carbons (Fsp3) is 0.233. The number of hydrogen-bond donors (Lipinski definition) is 0. The highest BCUT2D eigenvalue weighted by molar-refractivity contribution is 7.07. The van der Waals surface area contributed by atoms with Crippen molar-refractivity contribution in [2.45, 2.75) is 32.7 Å². The van der Waals surface area contributed by atoms with Crippen molar-refractivity contribution in [2.75, 3.05) is 13.7 Å². The van der Waals surface area contributed by atoms with Crippen molar-refractivity contribution in [1.29, 1.82) is 0 Å². The number of carbonyl (C=O) groups excluding carboxylic acids is 1. The average Bonchev–Trinajstić information content (AvgIpc) is 3.53. The van der Waals surface area contributed by atoms with Crippen molar-refractivity contribution in [3.8, 4) is 17.1 Å². The number of thiazole rings is 1. The summed E-state index contributed by atoms with van der Waals surface area (Å²) in [5.41, 5.74) is 2.03. The van der Waals surface area contributed by atoms with Crippen LogP contribution in [0.4, 0.5) is 0 Å². The Kier molecular flexibility index (Phi) is 8.30. The molecule has 0 radical (unpaired) electrons. The number of nitrogens with zero attached hydrogens (tertiary/aromatic N) is 2. The molecule has 0 amide bonds. The predicted octanol–water partition coefficient (Wildman–Crippen LogP) is 6.15. The Morgan fingerprint density at radius 3 is 2.73 bits per heavy atom. The number of furan rings is 1. The number of carbonyl (C=O) groups is 1. The van der Waals surface area contributed by atoms with Crippen LogP contribution in [0, 0.1) is 0 Å². The molecule has 0 fully saturated rings.